The number of para-hydroxylation sites is 1. The molecular formula is C24H20N4O2S2. The molecule has 0 aliphatic carbocycles. The fourth-order valence-electron chi connectivity index (χ4n) is 3.72. The van der Waals surface area contributed by atoms with Crippen molar-refractivity contribution < 1.29 is 9.59 Å². The number of rotatable bonds is 5. The number of anilines is 1. The Balaban J connectivity index is 1.33. The van der Waals surface area contributed by atoms with E-state index in [1.807, 2.05) is 65.0 Å². The number of carbonyl (C=O) groups excluding carboxylic acids is 2. The van der Waals surface area contributed by atoms with Crippen LogP contribution < -0.4 is 5.32 Å². The number of hydrogen-bond donors (Lipinski definition) is 1. The molecule has 32 heavy (non-hydrogen) atoms. The van der Waals surface area contributed by atoms with Gasteiger partial charge in [0, 0.05) is 18.5 Å². The van der Waals surface area contributed by atoms with Crippen molar-refractivity contribution in [2.75, 3.05) is 5.32 Å². The molecule has 0 unspecified atom stereocenters. The number of hydrogen-bond acceptors (Lipinski definition) is 6. The van der Waals surface area contributed by atoms with Crippen molar-refractivity contribution in [1.82, 2.24) is 5.01 Å². The molecule has 160 valence electrons. The van der Waals surface area contributed by atoms with E-state index in [1.165, 1.54) is 11.8 Å². The van der Waals surface area contributed by atoms with E-state index >= 15 is 0 Å². The van der Waals surface area contributed by atoms with Gasteiger partial charge in [-0.2, -0.15) is 10.1 Å². The van der Waals surface area contributed by atoms with Crippen molar-refractivity contribution in [3.8, 4) is 0 Å². The van der Waals surface area contributed by atoms with E-state index in [-0.39, 0.29) is 24.3 Å². The number of nitrogens with zero attached hydrogens (tertiary/aromatic N) is 3. The van der Waals surface area contributed by atoms with Gasteiger partial charge in [0.05, 0.1) is 16.6 Å². The molecule has 2 aliphatic heterocycles. The van der Waals surface area contributed by atoms with Crippen LogP contribution in [0.4, 0.5) is 5.69 Å². The lowest BCUT2D eigenvalue weighted by molar-refractivity contribution is -0.121. The van der Waals surface area contributed by atoms with Gasteiger partial charge in [0.1, 0.15) is 5.25 Å². The van der Waals surface area contributed by atoms with E-state index in [9.17, 15) is 9.59 Å². The van der Waals surface area contributed by atoms with Crippen LogP contribution in [0.1, 0.15) is 29.3 Å². The van der Waals surface area contributed by atoms with Crippen LogP contribution in [-0.4, -0.2) is 33.0 Å². The zero-order valence-electron chi connectivity index (χ0n) is 17.0. The fourth-order valence-corrected chi connectivity index (χ4v) is 5.50. The Hall–Kier alpha value is -3.23. The molecular weight excluding hydrogens is 440 g/mol. The molecule has 1 N–H and O–H groups in total. The van der Waals surface area contributed by atoms with Gasteiger partial charge in [-0.15, -0.1) is 11.3 Å². The number of hydrazone groups is 1. The Labute approximate surface area is 194 Å². The van der Waals surface area contributed by atoms with Crippen molar-refractivity contribution in [2.45, 2.75) is 24.1 Å². The van der Waals surface area contributed by atoms with Gasteiger partial charge in [-0.05, 0) is 29.1 Å². The SMILES string of the molecule is O=C(C[C@H]1SC(N2N=C(c3cccs3)C[C@H]2c2ccccc2)=NC1=O)Nc1ccccc1. The van der Waals surface area contributed by atoms with E-state index < -0.39 is 5.25 Å². The molecule has 2 aliphatic rings. The fraction of sp³-hybridized carbons (Fsp3) is 0.167. The predicted octanol–water partition coefficient (Wildman–Crippen LogP) is 4.93. The van der Waals surface area contributed by atoms with Gasteiger partial charge < -0.3 is 5.32 Å². The van der Waals surface area contributed by atoms with Crippen molar-refractivity contribution in [3.05, 3.63) is 88.6 Å². The second-order valence-electron chi connectivity index (χ2n) is 7.46. The van der Waals surface area contributed by atoms with E-state index in [0.717, 1.165) is 22.6 Å². The quantitative estimate of drug-likeness (QED) is 0.586. The molecule has 8 heteroatoms. The maximum atomic E-state index is 12.6. The van der Waals surface area contributed by atoms with Crippen LogP contribution in [0.5, 0.6) is 0 Å². The molecule has 0 spiro atoms. The number of nitrogens with one attached hydrogen (secondary N) is 1. The number of amidine groups is 1. The minimum atomic E-state index is -0.550. The van der Waals surface area contributed by atoms with E-state index in [1.54, 1.807) is 11.3 Å². The molecule has 1 aromatic heterocycles. The van der Waals surface area contributed by atoms with Gasteiger partial charge in [0.15, 0.2) is 5.17 Å². The van der Waals surface area contributed by atoms with E-state index in [4.69, 9.17) is 5.10 Å². The van der Waals surface area contributed by atoms with Gasteiger partial charge >= 0.3 is 0 Å². The topological polar surface area (TPSA) is 74.1 Å². The lowest BCUT2D eigenvalue weighted by atomic mass is 10.0. The van der Waals surface area contributed by atoms with Crippen molar-refractivity contribution >= 4 is 51.5 Å². The smallest absolute Gasteiger partial charge is 0.262 e. The summed E-state index contributed by atoms with van der Waals surface area (Å²) in [6.07, 6.45) is 0.800. The summed E-state index contributed by atoms with van der Waals surface area (Å²) in [6, 6.07) is 23.4. The second-order valence-corrected chi connectivity index (χ2v) is 9.57. The van der Waals surface area contributed by atoms with Crippen LogP contribution in [0, 0.1) is 0 Å². The molecule has 0 saturated carbocycles. The first-order valence-corrected chi connectivity index (χ1v) is 12.0. The number of amides is 2. The van der Waals surface area contributed by atoms with Gasteiger partial charge in [0.25, 0.3) is 5.91 Å². The summed E-state index contributed by atoms with van der Waals surface area (Å²) in [6.45, 7) is 0. The summed E-state index contributed by atoms with van der Waals surface area (Å²) in [7, 11) is 0. The molecule has 2 atom stereocenters. The number of thioether (sulfide) groups is 1. The highest BCUT2D eigenvalue weighted by atomic mass is 32.2. The number of aliphatic imine (C=N–C) groups is 1. The molecule has 0 radical (unpaired) electrons. The number of thiophene rings is 1. The highest BCUT2D eigenvalue weighted by molar-refractivity contribution is 8.15. The van der Waals surface area contributed by atoms with Crippen LogP contribution in [0.2, 0.25) is 0 Å². The maximum Gasteiger partial charge on any atom is 0.262 e. The number of carbonyl (C=O) groups is 2. The minimum Gasteiger partial charge on any atom is -0.326 e. The summed E-state index contributed by atoms with van der Waals surface area (Å²) >= 11 is 2.96. The van der Waals surface area contributed by atoms with Crippen LogP contribution in [0.3, 0.4) is 0 Å². The second kappa shape index (κ2) is 9.10. The predicted molar refractivity (Wildman–Crippen MR) is 130 cm³/mol. The average molecular weight is 461 g/mol. The summed E-state index contributed by atoms with van der Waals surface area (Å²) in [4.78, 5) is 30.5. The molecule has 5 rings (SSSR count). The highest BCUT2D eigenvalue weighted by Crippen LogP contribution is 2.39. The van der Waals surface area contributed by atoms with E-state index in [2.05, 4.69) is 28.5 Å². The minimum absolute atomic E-state index is 0.0377. The van der Waals surface area contributed by atoms with Gasteiger partial charge in [-0.3, -0.25) is 9.59 Å². The highest BCUT2D eigenvalue weighted by Gasteiger charge is 2.39. The Morgan fingerprint density at radius 3 is 2.50 bits per heavy atom. The Kier molecular flexibility index (Phi) is 5.87. The molecule has 0 bridgehead atoms. The molecule has 0 fully saturated rings. The van der Waals surface area contributed by atoms with Gasteiger partial charge in [0.2, 0.25) is 5.91 Å². The van der Waals surface area contributed by atoms with Gasteiger partial charge in [-0.1, -0.05) is 66.4 Å². The van der Waals surface area contributed by atoms with Crippen molar-refractivity contribution in [3.63, 3.8) is 0 Å². The van der Waals surface area contributed by atoms with Gasteiger partial charge in [-0.25, -0.2) is 5.01 Å². The maximum absolute atomic E-state index is 12.6. The first kappa shape index (κ1) is 20.7. The normalized spacial score (nSPS) is 20.2. The van der Waals surface area contributed by atoms with Crippen LogP contribution in [0.25, 0.3) is 0 Å². The molecule has 3 aromatic rings. The Morgan fingerprint density at radius 1 is 1.03 bits per heavy atom. The molecule has 3 heterocycles. The monoisotopic (exact) mass is 460 g/mol. The lowest BCUT2D eigenvalue weighted by Crippen LogP contribution is -2.25. The lowest BCUT2D eigenvalue weighted by Gasteiger charge is -2.23. The van der Waals surface area contributed by atoms with Crippen molar-refractivity contribution in [2.24, 2.45) is 10.1 Å². The summed E-state index contributed by atoms with van der Waals surface area (Å²) in [5, 5.41) is 11.6. The van der Waals surface area contributed by atoms with Crippen LogP contribution in [0.15, 0.2) is 88.3 Å². The molecule has 2 aromatic carbocycles. The summed E-state index contributed by atoms with van der Waals surface area (Å²) in [5.74, 6) is -0.498. The van der Waals surface area contributed by atoms with Crippen molar-refractivity contribution in [1.29, 1.82) is 0 Å². The number of benzene rings is 2. The average Bonchev–Trinajstić information content (AvgIpc) is 3.55. The third-order valence-corrected chi connectivity index (χ3v) is 7.31. The molecule has 2 amide bonds. The van der Waals surface area contributed by atoms with Crippen LogP contribution >= 0.6 is 23.1 Å². The standard InChI is InChI=1S/C24H20N4O2S2/c29-22(25-17-10-5-2-6-11-17)15-21-23(30)26-24(32-21)28-19(16-8-3-1-4-9-16)14-18(27-28)20-12-7-13-31-20/h1-13,19,21H,14-15H2,(H,25,29)/t19-,21+/m0/s1. The van der Waals surface area contributed by atoms with Crippen LogP contribution in [-0.2, 0) is 9.59 Å². The third kappa shape index (κ3) is 4.37. The first-order chi connectivity index (χ1) is 15.7. The summed E-state index contributed by atoms with van der Waals surface area (Å²) in [5.41, 5.74) is 2.81. The molecule has 0 saturated heterocycles. The zero-order chi connectivity index (χ0) is 21.9. The largest absolute Gasteiger partial charge is 0.326 e. The zero-order valence-corrected chi connectivity index (χ0v) is 18.7. The third-order valence-electron chi connectivity index (χ3n) is 5.25. The molecule has 6 nitrogen and oxygen atoms in total. The first-order valence-electron chi connectivity index (χ1n) is 10.3. The Bertz CT molecular complexity index is 1180. The van der Waals surface area contributed by atoms with E-state index in [0.29, 0.717) is 10.9 Å². The Morgan fingerprint density at radius 2 is 1.78 bits per heavy atom. The summed E-state index contributed by atoms with van der Waals surface area (Å²) < 4.78 is 0.